The minimum Gasteiger partial charge on any atom is -0.481 e. The predicted octanol–water partition coefficient (Wildman–Crippen LogP) is 5.00. The van der Waals surface area contributed by atoms with Gasteiger partial charge in [-0.15, -0.1) is 0 Å². The molecule has 0 bridgehead atoms. The van der Waals surface area contributed by atoms with E-state index in [1.165, 1.54) is 0 Å². The van der Waals surface area contributed by atoms with Gasteiger partial charge in [-0.3, -0.25) is 4.79 Å². The topological polar surface area (TPSA) is 60.9 Å². The molecule has 1 N–H and O–H groups in total. The van der Waals surface area contributed by atoms with Gasteiger partial charge in [-0.05, 0) is 43.2 Å². The number of amides is 2. The van der Waals surface area contributed by atoms with Crippen LogP contribution in [-0.2, 0) is 16.9 Å². The van der Waals surface area contributed by atoms with Crippen LogP contribution < -0.4 is 0 Å². The van der Waals surface area contributed by atoms with Crippen LogP contribution in [0.5, 0.6) is 0 Å². The molecule has 2 heterocycles. The molecule has 2 aliphatic heterocycles. The van der Waals surface area contributed by atoms with Gasteiger partial charge >= 0.3 is 30.0 Å². The molecule has 2 fully saturated rings. The molecule has 3 aliphatic rings. The molecule has 1 aromatic carbocycles. The lowest BCUT2D eigenvalue weighted by atomic mass is 9.77. The van der Waals surface area contributed by atoms with Gasteiger partial charge in [0.2, 0.25) is 0 Å². The highest BCUT2D eigenvalue weighted by molar-refractivity contribution is 5.76. The third kappa shape index (κ3) is 3.88. The highest BCUT2D eigenvalue weighted by Crippen LogP contribution is 2.54. The summed E-state index contributed by atoms with van der Waals surface area (Å²) in [6, 6.07) is 1.81. The van der Waals surface area contributed by atoms with Crippen molar-refractivity contribution in [2.45, 2.75) is 62.1 Å². The van der Waals surface area contributed by atoms with Gasteiger partial charge in [-0.25, -0.2) is 9.18 Å². The minimum absolute atomic E-state index is 0.112. The molecule has 188 valence electrons. The largest absolute Gasteiger partial charge is 0.481 e. The van der Waals surface area contributed by atoms with Gasteiger partial charge in [0.25, 0.3) is 0 Å². The van der Waals surface area contributed by atoms with E-state index in [1.807, 2.05) is 0 Å². The quantitative estimate of drug-likeness (QED) is 0.587. The van der Waals surface area contributed by atoms with Gasteiger partial charge in [0, 0.05) is 37.2 Å². The summed E-state index contributed by atoms with van der Waals surface area (Å²) in [5, 5.41) is 9.12. The Morgan fingerprint density at radius 2 is 1.50 bits per heavy atom. The number of piperidine rings is 1. The summed E-state index contributed by atoms with van der Waals surface area (Å²) in [7, 11) is 0. The number of likely N-dealkylation sites (tertiary alicyclic amines) is 2. The third-order valence-electron chi connectivity index (χ3n) is 7.34. The number of halogens is 7. The minimum atomic E-state index is -6.17. The van der Waals surface area contributed by atoms with E-state index in [-0.39, 0.29) is 30.0 Å². The number of benzene rings is 1. The van der Waals surface area contributed by atoms with Crippen molar-refractivity contribution >= 4 is 12.0 Å². The average Bonchev–Trinajstić information content (AvgIpc) is 3.20. The van der Waals surface area contributed by atoms with E-state index < -0.39 is 35.5 Å². The molecule has 5 nitrogen and oxygen atoms in total. The molecule has 2 amide bonds. The number of aryl methyl sites for hydroxylation is 1. The molecule has 1 aromatic rings. The number of carbonyl (C=O) groups is 2. The Balaban J connectivity index is 1.54. The number of carboxylic acids is 1. The van der Waals surface area contributed by atoms with E-state index in [2.05, 4.69) is 0 Å². The number of alkyl halides is 7. The van der Waals surface area contributed by atoms with Gasteiger partial charge in [0.15, 0.2) is 0 Å². The molecular weight excluding hydrogens is 473 g/mol. The van der Waals surface area contributed by atoms with Crippen LogP contribution in [0.4, 0.5) is 35.5 Å². The second-order valence-corrected chi connectivity index (χ2v) is 9.14. The van der Waals surface area contributed by atoms with Crippen molar-refractivity contribution < 1.29 is 45.4 Å². The summed E-state index contributed by atoms with van der Waals surface area (Å²) in [6.07, 6.45) is -10.7. The lowest BCUT2D eigenvalue weighted by Crippen LogP contribution is -2.51. The maximum Gasteiger partial charge on any atom is 0.435 e. The monoisotopic (exact) mass is 496 g/mol. The van der Waals surface area contributed by atoms with Crippen LogP contribution in [0.2, 0.25) is 0 Å². The number of fused-ring (bicyclic) bond motifs is 3. The van der Waals surface area contributed by atoms with Crippen LogP contribution in [0.15, 0.2) is 18.2 Å². The fraction of sp³-hybridized carbons (Fsp3) is 0.636. The first-order chi connectivity index (χ1) is 15.8. The number of carbonyl (C=O) groups excluding carboxylic acids is 1. The normalized spacial score (nSPS) is 24.1. The van der Waals surface area contributed by atoms with Gasteiger partial charge in [-0.1, -0.05) is 18.2 Å². The first-order valence-corrected chi connectivity index (χ1v) is 11.0. The summed E-state index contributed by atoms with van der Waals surface area (Å²) in [4.78, 5) is 27.4. The summed E-state index contributed by atoms with van der Waals surface area (Å²) in [5.41, 5.74) is -6.19. The molecule has 2 saturated heterocycles. The number of rotatable bonds is 2. The molecule has 1 aliphatic carbocycles. The SMILES string of the molecule is O=C(O)C1CCN(C(=O)N2CCC3c4ccc(C(F)(C(F)(F)F)C(F)(F)F)cc4CC[C@H]32)CC1. The van der Waals surface area contributed by atoms with Crippen LogP contribution >= 0.6 is 0 Å². The molecule has 0 saturated carbocycles. The van der Waals surface area contributed by atoms with Crippen molar-refractivity contribution in [3.63, 3.8) is 0 Å². The van der Waals surface area contributed by atoms with Crippen LogP contribution in [0.25, 0.3) is 0 Å². The lowest BCUT2D eigenvalue weighted by molar-refractivity contribution is -0.348. The van der Waals surface area contributed by atoms with E-state index in [4.69, 9.17) is 5.11 Å². The summed E-state index contributed by atoms with van der Waals surface area (Å²) in [6.45, 7) is 0.973. The van der Waals surface area contributed by atoms with Gasteiger partial charge in [0.1, 0.15) is 0 Å². The van der Waals surface area contributed by atoms with E-state index >= 15 is 0 Å². The average molecular weight is 496 g/mol. The van der Waals surface area contributed by atoms with Crippen LogP contribution in [0, 0.1) is 5.92 Å². The zero-order valence-corrected chi connectivity index (χ0v) is 17.9. The summed E-state index contributed by atoms with van der Waals surface area (Å²) in [5.74, 6) is -1.67. The van der Waals surface area contributed by atoms with Crippen molar-refractivity contribution in [2.24, 2.45) is 5.92 Å². The Labute approximate surface area is 190 Å². The Hall–Kier alpha value is -2.53. The number of carboxylic acid groups (broad SMARTS) is 1. The number of aliphatic carboxylic acids is 1. The number of hydrogen-bond donors (Lipinski definition) is 1. The van der Waals surface area contributed by atoms with E-state index in [9.17, 15) is 40.3 Å². The second-order valence-electron chi connectivity index (χ2n) is 9.14. The third-order valence-corrected chi connectivity index (χ3v) is 7.34. The van der Waals surface area contributed by atoms with Crippen LogP contribution in [-0.4, -0.2) is 64.9 Å². The molecule has 0 spiro atoms. The van der Waals surface area contributed by atoms with Crippen molar-refractivity contribution in [2.75, 3.05) is 19.6 Å². The van der Waals surface area contributed by atoms with Gasteiger partial charge in [-0.2, -0.15) is 26.3 Å². The van der Waals surface area contributed by atoms with Gasteiger partial charge in [0.05, 0.1) is 5.92 Å². The summed E-state index contributed by atoms with van der Waals surface area (Å²) < 4.78 is 93.3. The summed E-state index contributed by atoms with van der Waals surface area (Å²) >= 11 is 0. The van der Waals surface area contributed by atoms with Crippen molar-refractivity contribution in [3.8, 4) is 0 Å². The zero-order chi connectivity index (χ0) is 25.1. The first-order valence-electron chi connectivity index (χ1n) is 11.0. The van der Waals surface area contributed by atoms with E-state index in [0.717, 1.165) is 6.07 Å². The van der Waals surface area contributed by atoms with Crippen molar-refractivity contribution in [3.05, 3.63) is 34.9 Å². The molecule has 2 atom stereocenters. The number of hydrogen-bond acceptors (Lipinski definition) is 2. The Kier molecular flexibility index (Phi) is 6.00. The maximum atomic E-state index is 14.5. The molecule has 0 aromatic heterocycles. The molecule has 1 unspecified atom stereocenters. The molecule has 12 heteroatoms. The predicted molar refractivity (Wildman–Crippen MR) is 105 cm³/mol. The molecule has 34 heavy (non-hydrogen) atoms. The number of urea groups is 1. The standard InChI is InChI=1S/C22H23F7N2O3/c23-20(21(24,25)26,22(27,28)29)14-2-3-15-13(11-14)1-4-17-16(15)7-10-31(17)19(34)30-8-5-12(6-9-30)18(32)33/h2-3,11-12,16-17H,1,4-10H2,(H,32,33)/t16?,17-/m1/s1. The highest BCUT2D eigenvalue weighted by Gasteiger charge is 2.73. The van der Waals surface area contributed by atoms with Crippen molar-refractivity contribution in [1.82, 2.24) is 9.80 Å². The van der Waals surface area contributed by atoms with Crippen LogP contribution in [0.3, 0.4) is 0 Å². The highest BCUT2D eigenvalue weighted by atomic mass is 19.4. The first kappa shape index (κ1) is 24.6. The Morgan fingerprint density at radius 3 is 2.06 bits per heavy atom. The molecular formula is C22H23F7N2O3. The Morgan fingerprint density at radius 1 is 0.882 bits per heavy atom. The van der Waals surface area contributed by atoms with E-state index in [0.29, 0.717) is 63.0 Å². The fourth-order valence-electron chi connectivity index (χ4n) is 5.50. The second kappa shape index (κ2) is 8.30. The van der Waals surface area contributed by atoms with Crippen molar-refractivity contribution in [1.29, 1.82) is 0 Å². The Bertz CT molecular complexity index is 956. The number of nitrogens with zero attached hydrogens (tertiary/aromatic N) is 2. The maximum absolute atomic E-state index is 14.5. The fourth-order valence-corrected chi connectivity index (χ4v) is 5.50. The molecule has 0 radical (unpaired) electrons. The zero-order valence-electron chi connectivity index (χ0n) is 17.9. The van der Waals surface area contributed by atoms with Gasteiger partial charge < -0.3 is 14.9 Å². The molecule has 4 rings (SSSR count). The lowest BCUT2D eigenvalue weighted by Gasteiger charge is -2.38. The smallest absolute Gasteiger partial charge is 0.435 e. The van der Waals surface area contributed by atoms with Crippen LogP contribution in [0.1, 0.15) is 48.3 Å². The van der Waals surface area contributed by atoms with E-state index in [1.54, 1.807) is 9.80 Å².